The Bertz CT molecular complexity index is 427. The van der Waals surface area contributed by atoms with Gasteiger partial charge in [0.2, 0.25) is 5.91 Å². The van der Waals surface area contributed by atoms with E-state index in [0.717, 1.165) is 31.4 Å². The largest absolute Gasteiger partial charge is 0.395 e. The van der Waals surface area contributed by atoms with Crippen LogP contribution in [0.5, 0.6) is 0 Å². The van der Waals surface area contributed by atoms with Gasteiger partial charge in [0.1, 0.15) is 0 Å². The van der Waals surface area contributed by atoms with Crippen LogP contribution in [-0.4, -0.2) is 41.1 Å². The molecule has 110 valence electrons. The smallest absolute Gasteiger partial charge is 0.242 e. The van der Waals surface area contributed by atoms with Gasteiger partial charge in [0.25, 0.3) is 0 Å². The monoisotopic (exact) mass is 276 g/mol. The Morgan fingerprint density at radius 2 is 2.10 bits per heavy atom. The number of nitrogens with zero attached hydrogens (tertiary/aromatic N) is 1. The predicted molar refractivity (Wildman–Crippen MR) is 79.2 cm³/mol. The predicted octanol–water partition coefficient (Wildman–Crippen LogP) is 1.54. The zero-order valence-electron chi connectivity index (χ0n) is 12.1. The van der Waals surface area contributed by atoms with Crippen molar-refractivity contribution in [3.63, 3.8) is 0 Å². The van der Waals surface area contributed by atoms with Crippen LogP contribution in [0.4, 0.5) is 0 Å². The summed E-state index contributed by atoms with van der Waals surface area (Å²) in [5.74, 6) is 0.0927. The van der Waals surface area contributed by atoms with Gasteiger partial charge in [-0.3, -0.25) is 4.79 Å². The Labute approximate surface area is 120 Å². The first-order valence-corrected chi connectivity index (χ1v) is 7.35. The van der Waals surface area contributed by atoms with Crippen molar-refractivity contribution in [2.24, 2.45) is 0 Å². The highest BCUT2D eigenvalue weighted by Crippen LogP contribution is 2.22. The van der Waals surface area contributed by atoms with E-state index in [4.69, 9.17) is 0 Å². The fraction of sp³-hybridized carbons (Fsp3) is 0.562. The minimum atomic E-state index is -0.484. The number of hydrogen-bond acceptors (Lipinski definition) is 3. The Hall–Kier alpha value is -1.39. The summed E-state index contributed by atoms with van der Waals surface area (Å²) >= 11 is 0. The molecule has 0 bridgehead atoms. The van der Waals surface area contributed by atoms with E-state index in [-0.39, 0.29) is 12.5 Å². The molecule has 1 heterocycles. The maximum absolute atomic E-state index is 12.8. The topological polar surface area (TPSA) is 52.6 Å². The van der Waals surface area contributed by atoms with Crippen molar-refractivity contribution in [3.8, 4) is 0 Å². The van der Waals surface area contributed by atoms with E-state index >= 15 is 0 Å². The third-order valence-electron chi connectivity index (χ3n) is 3.96. The van der Waals surface area contributed by atoms with Crippen molar-refractivity contribution < 1.29 is 9.90 Å². The molecular weight excluding hydrogens is 252 g/mol. The molecule has 1 aliphatic heterocycles. The molecule has 4 heteroatoms. The summed E-state index contributed by atoms with van der Waals surface area (Å²) in [4.78, 5) is 14.5. The number of carbonyl (C=O) groups excluding carboxylic acids is 1. The van der Waals surface area contributed by atoms with Crippen LogP contribution in [0.1, 0.15) is 31.7 Å². The summed E-state index contributed by atoms with van der Waals surface area (Å²) in [6.45, 7) is 3.79. The zero-order chi connectivity index (χ0) is 14.4. The second-order valence-corrected chi connectivity index (χ2v) is 5.65. The molecule has 0 radical (unpaired) electrons. The minimum Gasteiger partial charge on any atom is -0.395 e. The molecule has 1 fully saturated rings. The lowest BCUT2D eigenvalue weighted by Gasteiger charge is -2.38. The van der Waals surface area contributed by atoms with Crippen molar-refractivity contribution >= 4 is 5.91 Å². The van der Waals surface area contributed by atoms with Gasteiger partial charge in [-0.15, -0.1) is 0 Å². The molecule has 1 aromatic rings. The molecule has 2 rings (SSSR count). The van der Waals surface area contributed by atoms with Gasteiger partial charge < -0.3 is 15.3 Å². The van der Waals surface area contributed by atoms with Crippen LogP contribution in [0.2, 0.25) is 0 Å². The average Bonchev–Trinajstić information content (AvgIpc) is 2.48. The Kier molecular flexibility index (Phi) is 5.15. The van der Waals surface area contributed by atoms with Gasteiger partial charge in [-0.1, -0.05) is 30.3 Å². The molecule has 1 amide bonds. The average molecular weight is 276 g/mol. The molecule has 1 aromatic carbocycles. The molecule has 0 spiro atoms. The number of nitrogens with one attached hydrogen (secondary N) is 1. The van der Waals surface area contributed by atoms with E-state index in [1.807, 2.05) is 37.3 Å². The molecule has 1 atom stereocenters. The summed E-state index contributed by atoms with van der Waals surface area (Å²) in [5, 5.41) is 12.6. The molecule has 1 saturated heterocycles. The molecular formula is C16H24N2O2. The van der Waals surface area contributed by atoms with Crippen molar-refractivity contribution in [2.75, 3.05) is 19.7 Å². The zero-order valence-corrected chi connectivity index (χ0v) is 12.1. The summed E-state index contributed by atoms with van der Waals surface area (Å²) in [6.07, 6.45) is 3.07. The molecule has 4 nitrogen and oxygen atoms in total. The Balaban J connectivity index is 2.09. The Morgan fingerprint density at radius 1 is 1.35 bits per heavy atom. The van der Waals surface area contributed by atoms with Gasteiger partial charge in [-0.05, 0) is 38.3 Å². The van der Waals surface area contributed by atoms with E-state index in [9.17, 15) is 9.90 Å². The number of amides is 1. The third-order valence-corrected chi connectivity index (χ3v) is 3.96. The molecule has 20 heavy (non-hydrogen) atoms. The minimum absolute atomic E-state index is 0.00530. The molecule has 0 saturated carbocycles. The number of rotatable bonds is 5. The van der Waals surface area contributed by atoms with Crippen LogP contribution in [0.3, 0.4) is 0 Å². The van der Waals surface area contributed by atoms with Crippen molar-refractivity contribution in [3.05, 3.63) is 35.9 Å². The summed E-state index contributed by atoms with van der Waals surface area (Å²) in [5.41, 5.74) is 0.607. The lowest BCUT2D eigenvalue weighted by molar-refractivity contribution is -0.140. The van der Waals surface area contributed by atoms with Crippen LogP contribution in [0, 0.1) is 0 Å². The molecule has 0 aromatic heterocycles. The number of carbonyl (C=O) groups is 1. The van der Waals surface area contributed by atoms with Gasteiger partial charge in [0.15, 0.2) is 0 Å². The number of benzene rings is 1. The number of piperidine rings is 1. The highest BCUT2D eigenvalue weighted by atomic mass is 16.3. The van der Waals surface area contributed by atoms with Gasteiger partial charge in [-0.2, -0.15) is 0 Å². The first-order chi connectivity index (χ1) is 9.65. The fourth-order valence-electron chi connectivity index (χ4n) is 2.76. The van der Waals surface area contributed by atoms with Crippen LogP contribution in [0.25, 0.3) is 0 Å². The number of aliphatic hydroxyl groups is 1. The Morgan fingerprint density at radius 3 is 2.70 bits per heavy atom. The van der Waals surface area contributed by atoms with Crippen molar-refractivity contribution in [1.29, 1.82) is 0 Å². The highest BCUT2D eigenvalue weighted by molar-refractivity contribution is 5.86. The lowest BCUT2D eigenvalue weighted by Crippen LogP contribution is -2.58. The van der Waals surface area contributed by atoms with Gasteiger partial charge >= 0.3 is 0 Å². The highest BCUT2D eigenvalue weighted by Gasteiger charge is 2.37. The van der Waals surface area contributed by atoms with Crippen LogP contribution in [0.15, 0.2) is 30.3 Å². The maximum atomic E-state index is 12.8. The van der Waals surface area contributed by atoms with E-state index in [2.05, 4.69) is 5.32 Å². The number of hydrogen-bond donors (Lipinski definition) is 2. The standard InChI is InChI=1S/C16H24N2O2/c1-16(9-5-6-10-17-16)15(20)18(11-12-19)13-14-7-3-2-4-8-14/h2-4,7-8,17,19H,5-6,9-13H2,1H3. The van der Waals surface area contributed by atoms with Crippen molar-refractivity contribution in [1.82, 2.24) is 10.2 Å². The third kappa shape index (κ3) is 3.58. The van der Waals surface area contributed by atoms with Gasteiger partial charge in [-0.25, -0.2) is 0 Å². The van der Waals surface area contributed by atoms with E-state index in [1.54, 1.807) is 4.90 Å². The van der Waals surface area contributed by atoms with Crippen LogP contribution >= 0.6 is 0 Å². The first-order valence-electron chi connectivity index (χ1n) is 7.35. The first kappa shape index (κ1) is 15.0. The van der Waals surface area contributed by atoms with Gasteiger partial charge in [0, 0.05) is 13.1 Å². The number of aliphatic hydroxyl groups excluding tert-OH is 1. The van der Waals surface area contributed by atoms with Gasteiger partial charge in [0.05, 0.1) is 12.1 Å². The SMILES string of the molecule is CC1(C(=O)N(CCO)Cc2ccccc2)CCCCN1. The van der Waals surface area contributed by atoms with E-state index in [0.29, 0.717) is 13.1 Å². The second kappa shape index (κ2) is 6.86. The fourth-order valence-corrected chi connectivity index (χ4v) is 2.76. The second-order valence-electron chi connectivity index (χ2n) is 5.65. The van der Waals surface area contributed by atoms with Crippen LogP contribution in [-0.2, 0) is 11.3 Å². The lowest BCUT2D eigenvalue weighted by atomic mass is 9.89. The van der Waals surface area contributed by atoms with Crippen molar-refractivity contribution in [2.45, 2.75) is 38.3 Å². The molecule has 1 aliphatic rings. The normalized spacial score (nSPS) is 22.5. The summed E-state index contributed by atoms with van der Waals surface area (Å²) in [6, 6.07) is 9.92. The van der Waals surface area contributed by atoms with E-state index in [1.165, 1.54) is 0 Å². The summed E-state index contributed by atoms with van der Waals surface area (Å²) in [7, 11) is 0. The molecule has 0 aliphatic carbocycles. The quantitative estimate of drug-likeness (QED) is 0.858. The van der Waals surface area contributed by atoms with Crippen LogP contribution < -0.4 is 5.32 Å². The maximum Gasteiger partial charge on any atom is 0.242 e. The molecule has 2 N–H and O–H groups in total. The summed E-state index contributed by atoms with van der Waals surface area (Å²) < 4.78 is 0. The van der Waals surface area contributed by atoms with E-state index < -0.39 is 5.54 Å². The molecule has 1 unspecified atom stereocenters.